The maximum absolute atomic E-state index is 14.8. The SMILES string of the molecule is CC(C)C[C@H](CO)N1C(=O)[C@H]2[C@@H]3C(=O)O[C@H](C)CNC(=O)CC/C=C\CN(c4ccc(Cl)cc4)C(=O)[C@H]1[C@@]21C=C(Br)[C@@H]3O1. The van der Waals surface area contributed by atoms with Crippen molar-refractivity contribution in [2.75, 3.05) is 24.6 Å². The molecule has 3 amide bonds. The van der Waals surface area contributed by atoms with Gasteiger partial charge in [-0.3, -0.25) is 19.2 Å². The van der Waals surface area contributed by atoms with Crippen LogP contribution in [0.3, 0.4) is 0 Å². The zero-order valence-electron chi connectivity index (χ0n) is 24.4. The molecule has 1 spiro atoms. The molecule has 1 aromatic rings. The number of carbonyl (C=O) groups excluding carboxylic acids is 4. The van der Waals surface area contributed by atoms with E-state index in [-0.39, 0.29) is 37.9 Å². The molecule has 4 aliphatic heterocycles. The fourth-order valence-electron chi connectivity index (χ4n) is 6.69. The Balaban J connectivity index is 1.66. The number of ether oxygens (including phenoxy) is 2. The third-order valence-electron chi connectivity index (χ3n) is 8.52. The molecule has 0 radical (unpaired) electrons. The van der Waals surface area contributed by atoms with Gasteiger partial charge in [0.1, 0.15) is 29.8 Å². The minimum Gasteiger partial charge on any atom is -0.460 e. The number of hydrogen-bond acceptors (Lipinski definition) is 7. The summed E-state index contributed by atoms with van der Waals surface area (Å²) in [6, 6.07) is 4.94. The normalized spacial score (nSPS) is 32.9. The number of aliphatic hydroxyl groups is 1. The van der Waals surface area contributed by atoms with Crippen molar-refractivity contribution in [2.24, 2.45) is 17.8 Å². The number of cyclic esters (lactones) is 1. The number of fused-ring (bicyclic) bond motifs is 2. The molecule has 2 N–H and O–H groups in total. The van der Waals surface area contributed by atoms with Crippen LogP contribution in [0.15, 0.2) is 47.0 Å². The zero-order valence-corrected chi connectivity index (χ0v) is 26.7. The molecule has 0 aromatic heterocycles. The lowest BCUT2D eigenvalue weighted by Crippen LogP contribution is -2.59. The number of likely N-dealkylation sites (tertiary alicyclic amines) is 1. The average Bonchev–Trinajstić information content (AvgIpc) is 3.55. The van der Waals surface area contributed by atoms with Gasteiger partial charge in [-0.1, -0.05) is 53.5 Å². The van der Waals surface area contributed by atoms with Gasteiger partial charge < -0.3 is 29.7 Å². The summed E-state index contributed by atoms with van der Waals surface area (Å²) in [5, 5.41) is 13.8. The van der Waals surface area contributed by atoms with Gasteiger partial charge in [-0.05, 0) is 56.0 Å². The molecule has 4 heterocycles. The van der Waals surface area contributed by atoms with E-state index in [1.165, 1.54) is 4.90 Å². The number of aliphatic hydroxyl groups excluding tert-OH is 1. The quantitative estimate of drug-likeness (QED) is 0.362. The van der Waals surface area contributed by atoms with E-state index >= 15 is 0 Å². The summed E-state index contributed by atoms with van der Waals surface area (Å²) in [5.74, 6) is -3.66. The highest BCUT2D eigenvalue weighted by Gasteiger charge is 2.75. The number of carbonyl (C=O) groups is 4. The van der Waals surface area contributed by atoms with Crippen LogP contribution in [0.25, 0.3) is 0 Å². The summed E-state index contributed by atoms with van der Waals surface area (Å²) in [6.07, 6.45) is 5.01. The molecule has 5 rings (SSSR count). The van der Waals surface area contributed by atoms with Crippen LogP contribution < -0.4 is 10.2 Å². The molecule has 0 unspecified atom stereocenters. The van der Waals surface area contributed by atoms with E-state index in [0.29, 0.717) is 28.0 Å². The smallest absolute Gasteiger partial charge is 0.313 e. The first-order valence-electron chi connectivity index (χ1n) is 14.7. The second-order valence-corrected chi connectivity index (χ2v) is 13.4. The largest absolute Gasteiger partial charge is 0.460 e. The fraction of sp³-hybridized carbons (Fsp3) is 0.548. The van der Waals surface area contributed by atoms with Gasteiger partial charge in [-0.15, -0.1) is 0 Å². The first-order valence-corrected chi connectivity index (χ1v) is 15.8. The Bertz CT molecular complexity index is 1330. The molecule has 1 aromatic carbocycles. The number of amides is 3. The maximum Gasteiger partial charge on any atom is 0.313 e. The van der Waals surface area contributed by atoms with Crippen molar-refractivity contribution in [1.82, 2.24) is 10.2 Å². The third-order valence-corrected chi connectivity index (χ3v) is 9.45. The van der Waals surface area contributed by atoms with E-state index < -0.39 is 59.5 Å². The van der Waals surface area contributed by atoms with Gasteiger partial charge in [-0.25, -0.2) is 0 Å². The Labute approximate surface area is 264 Å². The van der Waals surface area contributed by atoms with Gasteiger partial charge in [0.2, 0.25) is 11.8 Å². The minimum absolute atomic E-state index is 0.107. The predicted octanol–water partition coefficient (Wildman–Crippen LogP) is 3.35. The van der Waals surface area contributed by atoms with Crippen LogP contribution in [0.4, 0.5) is 5.69 Å². The summed E-state index contributed by atoms with van der Waals surface area (Å²) in [5.41, 5.74) is -0.919. The predicted molar refractivity (Wildman–Crippen MR) is 163 cm³/mol. The highest BCUT2D eigenvalue weighted by atomic mass is 79.9. The Morgan fingerprint density at radius 3 is 2.53 bits per heavy atom. The van der Waals surface area contributed by atoms with Crippen molar-refractivity contribution in [3.63, 3.8) is 0 Å². The van der Waals surface area contributed by atoms with Gasteiger partial charge in [0.05, 0.1) is 25.1 Å². The molecule has 7 atom stereocenters. The first kappa shape index (κ1) is 31.7. The lowest BCUT2D eigenvalue weighted by Gasteiger charge is -2.39. The second kappa shape index (κ2) is 12.7. The summed E-state index contributed by atoms with van der Waals surface area (Å²) >= 11 is 9.71. The number of nitrogens with zero attached hydrogens (tertiary/aromatic N) is 2. The van der Waals surface area contributed by atoms with Crippen LogP contribution in [-0.2, 0) is 28.7 Å². The van der Waals surface area contributed by atoms with Gasteiger partial charge in [0, 0.05) is 28.2 Å². The standard InChI is InChI=1S/C31H37BrClN3O7/c1-17(2)13-21(16-37)36-27-29(40)35(20-10-8-19(33)9-11-20)12-6-4-5-7-23(38)34-15-18(3)42-30(41)24-25(28(36)39)31(27)14-22(32)26(24)43-31/h4,6,8-11,14,17-18,21,24-27,37H,5,7,12-13,15-16H2,1-3H3,(H,34,38)/b6-4-/t18-,21-,24+,25-,26+,27+,31-/m1/s1. The zero-order chi connectivity index (χ0) is 31.1. The molecule has 0 aliphatic carbocycles. The Morgan fingerprint density at radius 2 is 1.86 bits per heavy atom. The number of anilines is 1. The molecule has 5 bridgehead atoms. The van der Waals surface area contributed by atoms with E-state index in [2.05, 4.69) is 21.2 Å². The number of benzene rings is 1. The van der Waals surface area contributed by atoms with E-state index in [4.69, 9.17) is 21.1 Å². The van der Waals surface area contributed by atoms with Crippen molar-refractivity contribution >= 4 is 56.9 Å². The third kappa shape index (κ3) is 5.89. The number of allylic oxidation sites excluding steroid dienone is 1. The van der Waals surface area contributed by atoms with Gasteiger partial charge >= 0.3 is 5.97 Å². The lowest BCUT2D eigenvalue weighted by molar-refractivity contribution is -0.159. The van der Waals surface area contributed by atoms with Gasteiger partial charge in [-0.2, -0.15) is 0 Å². The Kier molecular flexibility index (Phi) is 9.37. The molecule has 2 saturated heterocycles. The number of hydrogen-bond donors (Lipinski definition) is 2. The van der Waals surface area contributed by atoms with E-state index in [1.807, 2.05) is 26.0 Å². The maximum atomic E-state index is 14.8. The topological polar surface area (TPSA) is 125 Å². The molecular formula is C31H37BrClN3O7. The molecule has 4 aliphatic rings. The second-order valence-electron chi connectivity index (χ2n) is 12.0. The van der Waals surface area contributed by atoms with Crippen LogP contribution in [0.1, 0.15) is 40.0 Å². The van der Waals surface area contributed by atoms with E-state index in [9.17, 15) is 24.3 Å². The Hall–Kier alpha value is -2.73. The van der Waals surface area contributed by atoms with Crippen LogP contribution in [0.5, 0.6) is 0 Å². The summed E-state index contributed by atoms with van der Waals surface area (Å²) in [4.78, 5) is 58.4. The van der Waals surface area contributed by atoms with Crippen LogP contribution in [0.2, 0.25) is 5.02 Å². The van der Waals surface area contributed by atoms with Crippen LogP contribution >= 0.6 is 27.5 Å². The van der Waals surface area contributed by atoms with Gasteiger partial charge in [0.15, 0.2) is 0 Å². The molecule has 43 heavy (non-hydrogen) atoms. The number of esters is 1. The Morgan fingerprint density at radius 1 is 1.14 bits per heavy atom. The minimum atomic E-state index is -1.47. The molecule has 10 nitrogen and oxygen atoms in total. The summed E-state index contributed by atoms with van der Waals surface area (Å²) in [6.45, 7) is 5.53. The highest BCUT2D eigenvalue weighted by molar-refractivity contribution is 9.11. The lowest BCUT2D eigenvalue weighted by atomic mass is 9.74. The monoisotopic (exact) mass is 677 g/mol. The molecular weight excluding hydrogens is 642 g/mol. The molecule has 232 valence electrons. The number of rotatable bonds is 5. The summed E-state index contributed by atoms with van der Waals surface area (Å²) < 4.78 is 12.8. The molecule has 12 heteroatoms. The summed E-state index contributed by atoms with van der Waals surface area (Å²) in [7, 11) is 0. The van der Waals surface area contributed by atoms with Crippen LogP contribution in [0, 0.1) is 17.8 Å². The number of halogens is 2. The fourth-order valence-corrected chi connectivity index (χ4v) is 7.55. The van der Waals surface area contributed by atoms with Crippen molar-refractivity contribution < 1.29 is 33.8 Å². The first-order chi connectivity index (χ1) is 20.5. The van der Waals surface area contributed by atoms with Gasteiger partial charge in [0.25, 0.3) is 5.91 Å². The van der Waals surface area contributed by atoms with Crippen LogP contribution in [-0.4, -0.2) is 83.3 Å². The van der Waals surface area contributed by atoms with Crippen molar-refractivity contribution in [3.8, 4) is 0 Å². The van der Waals surface area contributed by atoms with E-state index in [0.717, 1.165) is 0 Å². The number of nitrogens with one attached hydrogen (secondary N) is 1. The van der Waals surface area contributed by atoms with Crippen molar-refractivity contribution in [2.45, 2.75) is 69.9 Å². The van der Waals surface area contributed by atoms with Crippen molar-refractivity contribution in [3.05, 3.63) is 52.0 Å². The highest BCUT2D eigenvalue weighted by Crippen LogP contribution is 2.59. The molecule has 0 saturated carbocycles. The average molecular weight is 679 g/mol. The van der Waals surface area contributed by atoms with E-state index in [1.54, 1.807) is 42.2 Å². The van der Waals surface area contributed by atoms with Crippen molar-refractivity contribution in [1.29, 1.82) is 0 Å². The molecule has 2 fully saturated rings.